The van der Waals surface area contributed by atoms with Gasteiger partial charge in [-0.15, -0.1) is 0 Å². The number of nitrogens with zero attached hydrogens (tertiary/aromatic N) is 2. The van der Waals surface area contributed by atoms with Gasteiger partial charge >= 0.3 is 0 Å². The highest BCUT2D eigenvalue weighted by Gasteiger charge is 2.39. The van der Waals surface area contributed by atoms with Crippen LogP contribution in [0, 0.1) is 12.8 Å². The number of aromatic nitrogens is 2. The first-order valence-electron chi connectivity index (χ1n) is 7.14. The van der Waals surface area contributed by atoms with Crippen molar-refractivity contribution in [3.8, 4) is 0 Å². The smallest absolute Gasteiger partial charge is 0.0628 e. The van der Waals surface area contributed by atoms with E-state index in [4.69, 9.17) is 0 Å². The Bertz CT molecular complexity index is 414. The van der Waals surface area contributed by atoms with E-state index in [1.807, 2.05) is 0 Å². The zero-order valence-electron chi connectivity index (χ0n) is 12.6. The molecule has 1 N–H and O–H groups in total. The molecule has 1 heterocycles. The molecule has 3 unspecified atom stereocenters. The van der Waals surface area contributed by atoms with Crippen molar-refractivity contribution >= 4 is 0 Å². The Hall–Kier alpha value is -0.830. The summed E-state index contributed by atoms with van der Waals surface area (Å²) in [6.07, 6.45) is 3.52. The molecule has 2 rings (SSSR count). The van der Waals surface area contributed by atoms with Crippen molar-refractivity contribution in [2.45, 2.75) is 65.5 Å². The van der Waals surface area contributed by atoms with Crippen LogP contribution in [0.15, 0.2) is 6.20 Å². The highest BCUT2D eigenvalue weighted by Crippen LogP contribution is 2.43. The lowest BCUT2D eigenvalue weighted by atomic mass is 9.67. The zero-order valence-corrected chi connectivity index (χ0v) is 12.6. The second kappa shape index (κ2) is 4.69. The van der Waals surface area contributed by atoms with Crippen LogP contribution in [0.2, 0.25) is 0 Å². The minimum atomic E-state index is 0.0804. The summed E-state index contributed by atoms with van der Waals surface area (Å²) in [7, 11) is 0. The summed E-state index contributed by atoms with van der Waals surface area (Å²) in [6, 6.07) is 0.692. The van der Waals surface area contributed by atoms with Crippen LogP contribution in [0.3, 0.4) is 0 Å². The first kappa shape index (κ1) is 13.6. The summed E-state index contributed by atoms with van der Waals surface area (Å²) in [5.74, 6) is 1.41. The third kappa shape index (κ3) is 2.33. The molecule has 1 aliphatic rings. The van der Waals surface area contributed by atoms with E-state index in [2.05, 4.69) is 62.8 Å². The molecule has 1 aromatic heterocycles. The van der Waals surface area contributed by atoms with Crippen molar-refractivity contribution in [1.82, 2.24) is 15.1 Å². The predicted octanol–water partition coefficient (Wildman–Crippen LogP) is 3.05. The molecule has 102 valence electrons. The molecule has 0 bridgehead atoms. The predicted molar refractivity (Wildman–Crippen MR) is 75.9 cm³/mol. The molecule has 0 aromatic carbocycles. The van der Waals surface area contributed by atoms with Gasteiger partial charge in [-0.05, 0) is 58.1 Å². The fourth-order valence-corrected chi connectivity index (χ4v) is 2.91. The van der Waals surface area contributed by atoms with Gasteiger partial charge in [0.2, 0.25) is 0 Å². The van der Waals surface area contributed by atoms with Gasteiger partial charge in [0.15, 0.2) is 0 Å². The zero-order chi connectivity index (χ0) is 13.5. The fourth-order valence-electron chi connectivity index (χ4n) is 2.91. The monoisotopic (exact) mass is 249 g/mol. The van der Waals surface area contributed by atoms with Crippen molar-refractivity contribution < 1.29 is 0 Å². The van der Waals surface area contributed by atoms with Gasteiger partial charge in [0.25, 0.3) is 0 Å². The number of aryl methyl sites for hydroxylation is 1. The van der Waals surface area contributed by atoms with Gasteiger partial charge in [-0.3, -0.25) is 4.68 Å². The van der Waals surface area contributed by atoms with Crippen LogP contribution >= 0.6 is 0 Å². The van der Waals surface area contributed by atoms with Crippen LogP contribution in [0.25, 0.3) is 0 Å². The number of hydrogen-bond acceptors (Lipinski definition) is 2. The highest BCUT2D eigenvalue weighted by molar-refractivity contribution is 5.26. The maximum atomic E-state index is 4.69. The average Bonchev–Trinajstić information content (AvgIpc) is 2.65. The van der Waals surface area contributed by atoms with Gasteiger partial charge < -0.3 is 5.32 Å². The van der Waals surface area contributed by atoms with E-state index in [9.17, 15) is 0 Å². The third-order valence-corrected chi connectivity index (χ3v) is 4.27. The molecule has 1 aromatic rings. The second-order valence-corrected chi connectivity index (χ2v) is 6.65. The van der Waals surface area contributed by atoms with Crippen molar-refractivity contribution in [3.05, 3.63) is 17.5 Å². The van der Waals surface area contributed by atoms with E-state index in [0.29, 0.717) is 12.0 Å². The number of hydrogen-bond donors (Lipinski definition) is 1. The van der Waals surface area contributed by atoms with Crippen LogP contribution in [0.1, 0.15) is 58.2 Å². The summed E-state index contributed by atoms with van der Waals surface area (Å²) in [5, 5.41) is 8.25. The molecule has 0 amide bonds. The molecule has 1 aliphatic carbocycles. The molecule has 3 heteroatoms. The van der Waals surface area contributed by atoms with Gasteiger partial charge in [0.05, 0.1) is 11.2 Å². The summed E-state index contributed by atoms with van der Waals surface area (Å²) in [4.78, 5) is 0. The minimum absolute atomic E-state index is 0.0804. The number of nitrogens with one attached hydrogen (secondary N) is 1. The van der Waals surface area contributed by atoms with Crippen molar-refractivity contribution in [2.75, 3.05) is 6.54 Å². The Labute approximate surface area is 111 Å². The maximum absolute atomic E-state index is 4.69. The molecular formula is C15H27N3. The van der Waals surface area contributed by atoms with Crippen molar-refractivity contribution in [2.24, 2.45) is 5.92 Å². The Balaban J connectivity index is 2.14. The van der Waals surface area contributed by atoms with Gasteiger partial charge in [-0.2, -0.15) is 5.10 Å². The minimum Gasteiger partial charge on any atom is -0.314 e. The Morgan fingerprint density at radius 1 is 1.44 bits per heavy atom. The lowest BCUT2D eigenvalue weighted by Crippen LogP contribution is -2.47. The van der Waals surface area contributed by atoms with Crippen LogP contribution in [0.4, 0.5) is 0 Å². The molecule has 3 atom stereocenters. The first-order chi connectivity index (χ1) is 8.34. The first-order valence-corrected chi connectivity index (χ1v) is 7.14. The number of rotatable bonds is 3. The van der Waals surface area contributed by atoms with E-state index in [1.165, 1.54) is 17.7 Å². The Morgan fingerprint density at radius 2 is 2.11 bits per heavy atom. The quantitative estimate of drug-likeness (QED) is 0.892. The van der Waals surface area contributed by atoms with E-state index < -0.39 is 0 Å². The van der Waals surface area contributed by atoms with Gasteiger partial charge in [-0.25, -0.2) is 0 Å². The fraction of sp³-hybridized carbons (Fsp3) is 0.800. The van der Waals surface area contributed by atoms with Gasteiger partial charge in [-0.1, -0.05) is 13.8 Å². The largest absolute Gasteiger partial charge is 0.314 e. The molecule has 0 saturated heterocycles. The molecule has 1 saturated carbocycles. The highest BCUT2D eigenvalue weighted by atomic mass is 15.3. The summed E-state index contributed by atoms with van der Waals surface area (Å²) in [5.41, 5.74) is 2.74. The molecule has 3 nitrogen and oxygen atoms in total. The Kier molecular flexibility index (Phi) is 3.54. The second-order valence-electron chi connectivity index (χ2n) is 6.65. The molecule has 18 heavy (non-hydrogen) atoms. The standard InChI is InChI=1S/C15H27N3/c1-7-16-14-8-12(10(14)2)13-9-18(15(4,5)6)17-11(13)3/h9-10,12,14,16H,7-8H2,1-6H3. The lowest BCUT2D eigenvalue weighted by molar-refractivity contribution is 0.186. The topological polar surface area (TPSA) is 29.9 Å². The van der Waals surface area contributed by atoms with E-state index >= 15 is 0 Å². The Morgan fingerprint density at radius 3 is 2.56 bits per heavy atom. The van der Waals surface area contributed by atoms with Crippen LogP contribution < -0.4 is 5.32 Å². The van der Waals surface area contributed by atoms with Gasteiger partial charge in [0, 0.05) is 12.2 Å². The molecule has 0 spiro atoms. The molecule has 0 aliphatic heterocycles. The SMILES string of the molecule is CCNC1CC(c2cn(C(C)(C)C)nc2C)C1C. The van der Waals surface area contributed by atoms with E-state index in [0.717, 1.165) is 12.5 Å². The normalized spacial score (nSPS) is 28.2. The molecule has 0 radical (unpaired) electrons. The molecule has 1 fully saturated rings. The van der Waals surface area contributed by atoms with Crippen molar-refractivity contribution in [1.29, 1.82) is 0 Å². The average molecular weight is 249 g/mol. The van der Waals surface area contributed by atoms with Crippen LogP contribution in [-0.4, -0.2) is 22.4 Å². The van der Waals surface area contributed by atoms with E-state index in [1.54, 1.807) is 0 Å². The van der Waals surface area contributed by atoms with Crippen molar-refractivity contribution in [3.63, 3.8) is 0 Å². The van der Waals surface area contributed by atoms with Crippen LogP contribution in [-0.2, 0) is 5.54 Å². The van der Waals surface area contributed by atoms with Crippen LogP contribution in [0.5, 0.6) is 0 Å². The van der Waals surface area contributed by atoms with Gasteiger partial charge in [0.1, 0.15) is 0 Å². The van der Waals surface area contributed by atoms with E-state index in [-0.39, 0.29) is 5.54 Å². The summed E-state index contributed by atoms with van der Waals surface area (Å²) in [6.45, 7) is 14.4. The third-order valence-electron chi connectivity index (χ3n) is 4.27. The molecular weight excluding hydrogens is 222 g/mol. The maximum Gasteiger partial charge on any atom is 0.0628 e. The summed E-state index contributed by atoms with van der Waals surface area (Å²) < 4.78 is 2.12. The summed E-state index contributed by atoms with van der Waals surface area (Å²) >= 11 is 0. The lowest BCUT2D eigenvalue weighted by Gasteiger charge is -2.43.